The Kier molecular flexibility index (Phi) is 5.49. The summed E-state index contributed by atoms with van der Waals surface area (Å²) in [6, 6.07) is 7.50. The number of piperidine rings is 1. The minimum absolute atomic E-state index is 0.154. The average Bonchev–Trinajstić information content (AvgIpc) is 3.11. The number of anilines is 1. The first-order valence-corrected chi connectivity index (χ1v) is 11.0. The summed E-state index contributed by atoms with van der Waals surface area (Å²) in [5.41, 5.74) is 2.63. The van der Waals surface area contributed by atoms with Crippen LogP contribution in [-0.2, 0) is 11.2 Å². The molecule has 1 aromatic carbocycles. The van der Waals surface area contributed by atoms with Crippen molar-refractivity contribution in [1.82, 2.24) is 9.88 Å². The van der Waals surface area contributed by atoms with E-state index in [4.69, 9.17) is 0 Å². The number of carbonyl (C=O) groups excluding carboxylic acids is 2. The first-order chi connectivity index (χ1) is 13.5. The number of fused-ring (bicyclic) bond motifs is 1. The molecule has 0 saturated carbocycles. The lowest BCUT2D eigenvalue weighted by atomic mass is 9.88. The van der Waals surface area contributed by atoms with Gasteiger partial charge in [-0.1, -0.05) is 24.6 Å². The van der Waals surface area contributed by atoms with Crippen LogP contribution in [0.15, 0.2) is 24.3 Å². The van der Waals surface area contributed by atoms with Gasteiger partial charge in [-0.15, -0.1) is 11.3 Å². The third-order valence-electron chi connectivity index (χ3n) is 5.88. The molecule has 28 heavy (non-hydrogen) atoms. The Bertz CT molecular complexity index is 866. The summed E-state index contributed by atoms with van der Waals surface area (Å²) in [5, 5.41) is 3.52. The highest BCUT2D eigenvalue weighted by molar-refractivity contribution is 7.15. The number of rotatable bonds is 3. The lowest BCUT2D eigenvalue weighted by Gasteiger charge is -2.33. The van der Waals surface area contributed by atoms with Gasteiger partial charge in [0.25, 0.3) is 5.91 Å². The van der Waals surface area contributed by atoms with Gasteiger partial charge < -0.3 is 4.90 Å². The zero-order valence-corrected chi connectivity index (χ0v) is 17.3. The normalized spacial score (nSPS) is 19.9. The Hall–Kier alpha value is -2.21. The number of aromatic nitrogens is 1. The fraction of sp³-hybridized carbons (Fsp3) is 0.500. The molecule has 1 atom stereocenters. The van der Waals surface area contributed by atoms with E-state index in [9.17, 15) is 9.59 Å². The minimum Gasteiger partial charge on any atom is -0.342 e. The quantitative estimate of drug-likeness (QED) is 0.836. The summed E-state index contributed by atoms with van der Waals surface area (Å²) in [6.45, 7) is 5.96. The third-order valence-corrected chi connectivity index (χ3v) is 6.93. The van der Waals surface area contributed by atoms with Crippen LogP contribution in [0.4, 0.5) is 5.13 Å². The fourth-order valence-electron chi connectivity index (χ4n) is 4.04. The molecule has 1 aromatic heterocycles. The SMILES string of the molecule is Cc1ccc(C(=O)Nc2nc3c(s2)CCCC3C(=O)N2CCC(C)CC2)cc1. The second-order valence-corrected chi connectivity index (χ2v) is 9.18. The number of aryl methyl sites for hydroxylation is 2. The van der Waals surface area contributed by atoms with Crippen LogP contribution in [-0.4, -0.2) is 34.8 Å². The topological polar surface area (TPSA) is 62.3 Å². The van der Waals surface area contributed by atoms with Gasteiger partial charge in [0.1, 0.15) is 0 Å². The van der Waals surface area contributed by atoms with Crippen LogP contribution < -0.4 is 5.32 Å². The van der Waals surface area contributed by atoms with Crippen molar-refractivity contribution in [2.45, 2.75) is 51.9 Å². The number of benzene rings is 1. The zero-order chi connectivity index (χ0) is 19.7. The van der Waals surface area contributed by atoms with E-state index in [0.717, 1.165) is 61.3 Å². The van der Waals surface area contributed by atoms with Crippen molar-refractivity contribution >= 4 is 28.3 Å². The highest BCUT2D eigenvalue weighted by Crippen LogP contribution is 2.38. The number of likely N-dealkylation sites (tertiary alicyclic amines) is 1. The van der Waals surface area contributed by atoms with E-state index < -0.39 is 0 Å². The number of hydrogen-bond donors (Lipinski definition) is 1. The molecule has 1 saturated heterocycles. The monoisotopic (exact) mass is 397 g/mol. The van der Waals surface area contributed by atoms with Crippen LogP contribution in [0.25, 0.3) is 0 Å². The molecule has 2 heterocycles. The van der Waals surface area contributed by atoms with Crippen LogP contribution in [0.5, 0.6) is 0 Å². The maximum absolute atomic E-state index is 13.1. The molecule has 5 nitrogen and oxygen atoms in total. The van der Waals surface area contributed by atoms with Gasteiger partial charge in [0, 0.05) is 23.5 Å². The highest BCUT2D eigenvalue weighted by atomic mass is 32.1. The van der Waals surface area contributed by atoms with Crippen molar-refractivity contribution in [2.24, 2.45) is 5.92 Å². The molecule has 1 aliphatic carbocycles. The van der Waals surface area contributed by atoms with E-state index in [1.807, 2.05) is 36.1 Å². The molecule has 1 N–H and O–H groups in total. The van der Waals surface area contributed by atoms with Gasteiger partial charge in [-0.2, -0.15) is 0 Å². The lowest BCUT2D eigenvalue weighted by molar-refractivity contribution is -0.134. The van der Waals surface area contributed by atoms with E-state index >= 15 is 0 Å². The van der Waals surface area contributed by atoms with Crippen LogP contribution in [0.2, 0.25) is 0 Å². The first-order valence-electron chi connectivity index (χ1n) is 10.2. The first kappa shape index (κ1) is 19.1. The van der Waals surface area contributed by atoms with Crippen molar-refractivity contribution in [3.05, 3.63) is 46.0 Å². The lowest BCUT2D eigenvalue weighted by Crippen LogP contribution is -2.41. The molecular weight excluding hydrogens is 370 g/mol. The number of nitrogens with zero attached hydrogens (tertiary/aromatic N) is 2. The maximum atomic E-state index is 13.1. The van der Waals surface area contributed by atoms with Gasteiger partial charge in [0.15, 0.2) is 5.13 Å². The predicted molar refractivity (Wildman–Crippen MR) is 112 cm³/mol. The van der Waals surface area contributed by atoms with Crippen molar-refractivity contribution < 1.29 is 9.59 Å². The fourth-order valence-corrected chi connectivity index (χ4v) is 5.10. The molecule has 1 aliphatic heterocycles. The summed E-state index contributed by atoms with van der Waals surface area (Å²) in [4.78, 5) is 33.5. The molecule has 148 valence electrons. The molecule has 0 radical (unpaired) electrons. The average molecular weight is 398 g/mol. The van der Waals surface area contributed by atoms with Crippen molar-refractivity contribution in [3.8, 4) is 0 Å². The highest BCUT2D eigenvalue weighted by Gasteiger charge is 2.34. The molecule has 4 rings (SSSR count). The Morgan fingerprint density at radius 1 is 1.14 bits per heavy atom. The molecule has 1 fully saturated rings. The standard InChI is InChI=1S/C22H27N3O2S/c1-14-6-8-16(9-7-14)20(26)24-22-23-19-17(4-3-5-18(19)28-22)21(27)25-12-10-15(2)11-13-25/h6-9,15,17H,3-5,10-13H2,1-2H3,(H,23,24,26). The smallest absolute Gasteiger partial charge is 0.257 e. The van der Waals surface area contributed by atoms with Gasteiger partial charge >= 0.3 is 0 Å². The largest absolute Gasteiger partial charge is 0.342 e. The second-order valence-electron chi connectivity index (χ2n) is 8.10. The third kappa shape index (κ3) is 3.97. The molecule has 2 aliphatic rings. The molecule has 0 spiro atoms. The summed E-state index contributed by atoms with van der Waals surface area (Å²) in [7, 11) is 0. The zero-order valence-electron chi connectivity index (χ0n) is 16.5. The molecule has 2 amide bonds. The summed E-state index contributed by atoms with van der Waals surface area (Å²) in [5.74, 6) is 0.612. The molecular formula is C22H27N3O2S. The van der Waals surface area contributed by atoms with Crippen molar-refractivity contribution in [2.75, 3.05) is 18.4 Å². The number of thiazole rings is 1. The second kappa shape index (κ2) is 8.03. The Balaban J connectivity index is 1.49. The summed E-state index contributed by atoms with van der Waals surface area (Å²) in [6.07, 6.45) is 4.96. The number of amides is 2. The number of nitrogens with one attached hydrogen (secondary N) is 1. The molecule has 1 unspecified atom stereocenters. The van der Waals surface area contributed by atoms with E-state index in [1.54, 1.807) is 0 Å². The van der Waals surface area contributed by atoms with Crippen LogP contribution >= 0.6 is 11.3 Å². The van der Waals surface area contributed by atoms with E-state index in [0.29, 0.717) is 16.6 Å². The van der Waals surface area contributed by atoms with Crippen molar-refractivity contribution in [1.29, 1.82) is 0 Å². The van der Waals surface area contributed by atoms with E-state index in [1.165, 1.54) is 11.3 Å². The Morgan fingerprint density at radius 2 is 1.86 bits per heavy atom. The van der Waals surface area contributed by atoms with Gasteiger partial charge in [-0.25, -0.2) is 4.98 Å². The van der Waals surface area contributed by atoms with Crippen LogP contribution in [0.1, 0.15) is 65.0 Å². The number of hydrogen-bond acceptors (Lipinski definition) is 4. The Morgan fingerprint density at radius 3 is 2.57 bits per heavy atom. The summed E-state index contributed by atoms with van der Waals surface area (Å²) < 4.78 is 0. The number of carbonyl (C=O) groups is 2. The molecule has 2 aromatic rings. The maximum Gasteiger partial charge on any atom is 0.257 e. The van der Waals surface area contributed by atoms with Gasteiger partial charge in [0.05, 0.1) is 11.6 Å². The van der Waals surface area contributed by atoms with Gasteiger partial charge in [-0.3, -0.25) is 14.9 Å². The van der Waals surface area contributed by atoms with Gasteiger partial charge in [-0.05, 0) is 57.1 Å². The molecule has 0 bridgehead atoms. The van der Waals surface area contributed by atoms with Crippen LogP contribution in [0, 0.1) is 12.8 Å². The van der Waals surface area contributed by atoms with E-state index in [2.05, 4.69) is 17.2 Å². The summed E-state index contributed by atoms with van der Waals surface area (Å²) >= 11 is 1.52. The van der Waals surface area contributed by atoms with E-state index in [-0.39, 0.29) is 17.7 Å². The van der Waals surface area contributed by atoms with Crippen molar-refractivity contribution in [3.63, 3.8) is 0 Å². The minimum atomic E-state index is -0.154. The Labute approximate surface area is 170 Å². The predicted octanol–water partition coefficient (Wildman–Crippen LogP) is 4.38. The van der Waals surface area contributed by atoms with Crippen LogP contribution in [0.3, 0.4) is 0 Å². The molecule has 6 heteroatoms. The van der Waals surface area contributed by atoms with Gasteiger partial charge in [0.2, 0.25) is 5.91 Å².